The molecule has 0 aliphatic heterocycles. The van der Waals surface area contributed by atoms with Crippen LogP contribution >= 0.6 is 11.3 Å². The highest BCUT2D eigenvalue weighted by Gasteiger charge is 2.19. The van der Waals surface area contributed by atoms with Gasteiger partial charge in [0.1, 0.15) is 16.3 Å². The van der Waals surface area contributed by atoms with Crippen molar-refractivity contribution < 1.29 is 23.8 Å². The molecule has 28 heavy (non-hydrogen) atoms. The van der Waals surface area contributed by atoms with Crippen molar-refractivity contribution in [3.8, 4) is 16.9 Å². The summed E-state index contributed by atoms with van der Waals surface area (Å²) in [6.45, 7) is 0. The van der Waals surface area contributed by atoms with E-state index >= 15 is 0 Å². The lowest BCUT2D eigenvalue weighted by Gasteiger charge is -2.10. The number of carbonyl (C=O) groups is 2. The van der Waals surface area contributed by atoms with Crippen LogP contribution in [0.4, 0.5) is 5.00 Å². The van der Waals surface area contributed by atoms with E-state index in [1.165, 1.54) is 0 Å². The summed E-state index contributed by atoms with van der Waals surface area (Å²) >= 11 is 1.11. The predicted octanol–water partition coefficient (Wildman–Crippen LogP) is 3.79. The summed E-state index contributed by atoms with van der Waals surface area (Å²) in [4.78, 5) is 24.3. The number of fused-ring (bicyclic) bond motifs is 1. The molecule has 6 nitrogen and oxygen atoms in total. The number of amides is 1. The van der Waals surface area contributed by atoms with E-state index < -0.39 is 11.9 Å². The molecule has 0 aliphatic rings. The lowest BCUT2D eigenvalue weighted by atomic mass is 10.0. The Morgan fingerprint density at radius 2 is 1.86 bits per heavy atom. The first-order valence-corrected chi connectivity index (χ1v) is 9.22. The number of carboxylic acid groups (broad SMARTS) is 1. The van der Waals surface area contributed by atoms with E-state index in [2.05, 4.69) is 5.32 Å². The summed E-state index contributed by atoms with van der Waals surface area (Å²) in [5.41, 5.74) is 1.66. The molecule has 140 valence electrons. The van der Waals surface area contributed by atoms with Crippen molar-refractivity contribution in [3.05, 3.63) is 71.3 Å². The lowest BCUT2D eigenvalue weighted by Crippen LogP contribution is -2.24. The number of hydrogen-bond acceptors (Lipinski definition) is 6. The number of carboxylic acids is 1. The number of methoxy groups -OCH3 is 1. The van der Waals surface area contributed by atoms with Gasteiger partial charge in [-0.05, 0) is 29.8 Å². The molecule has 2 aromatic carbocycles. The first kappa shape index (κ1) is 17.8. The zero-order valence-electron chi connectivity index (χ0n) is 14.7. The van der Waals surface area contributed by atoms with Gasteiger partial charge < -0.3 is 24.4 Å². The van der Waals surface area contributed by atoms with Gasteiger partial charge in [0.25, 0.3) is 5.91 Å². The molecule has 4 aromatic rings. The topological polar surface area (TPSA) is 91.6 Å². The molecule has 7 heteroatoms. The summed E-state index contributed by atoms with van der Waals surface area (Å²) in [6, 6.07) is 15.8. The van der Waals surface area contributed by atoms with Gasteiger partial charge in [-0.2, -0.15) is 0 Å². The van der Waals surface area contributed by atoms with E-state index in [0.29, 0.717) is 22.5 Å². The normalized spacial score (nSPS) is 10.8. The van der Waals surface area contributed by atoms with Crippen molar-refractivity contribution in [2.24, 2.45) is 0 Å². The molecule has 0 atom stereocenters. The number of nitrogens with one attached hydrogen (secondary N) is 1. The van der Waals surface area contributed by atoms with Crippen LogP contribution in [0.3, 0.4) is 0 Å². The van der Waals surface area contributed by atoms with Crippen LogP contribution in [-0.2, 0) is 0 Å². The van der Waals surface area contributed by atoms with Gasteiger partial charge in [0.2, 0.25) is 0 Å². The molecule has 0 saturated heterocycles. The van der Waals surface area contributed by atoms with Crippen molar-refractivity contribution in [2.75, 3.05) is 12.4 Å². The smallest absolute Gasteiger partial charge is 0.292 e. The van der Waals surface area contributed by atoms with Gasteiger partial charge in [0, 0.05) is 21.9 Å². The average Bonchev–Trinajstić information content (AvgIpc) is 3.32. The predicted molar refractivity (Wildman–Crippen MR) is 105 cm³/mol. The van der Waals surface area contributed by atoms with Gasteiger partial charge >= 0.3 is 0 Å². The minimum absolute atomic E-state index is 0.0698. The summed E-state index contributed by atoms with van der Waals surface area (Å²) < 4.78 is 10.7. The summed E-state index contributed by atoms with van der Waals surface area (Å²) in [5.74, 6) is -1.13. The minimum Gasteiger partial charge on any atom is -0.545 e. The number of furan rings is 1. The van der Waals surface area contributed by atoms with Crippen molar-refractivity contribution >= 4 is 39.2 Å². The van der Waals surface area contributed by atoms with Crippen LogP contribution < -0.4 is 15.2 Å². The molecule has 0 spiro atoms. The highest BCUT2D eigenvalue weighted by Crippen LogP contribution is 2.36. The number of carbonyl (C=O) groups excluding carboxylic acids is 2. The maximum Gasteiger partial charge on any atom is 0.292 e. The van der Waals surface area contributed by atoms with Gasteiger partial charge in [-0.1, -0.05) is 30.3 Å². The number of ether oxygens (including phenoxy) is 1. The molecule has 2 heterocycles. The molecule has 0 radical (unpaired) electrons. The van der Waals surface area contributed by atoms with E-state index in [0.717, 1.165) is 16.7 Å². The lowest BCUT2D eigenvalue weighted by molar-refractivity contribution is -0.254. The highest BCUT2D eigenvalue weighted by molar-refractivity contribution is 7.15. The van der Waals surface area contributed by atoms with Gasteiger partial charge in [-0.25, -0.2) is 0 Å². The van der Waals surface area contributed by atoms with Crippen LogP contribution in [0, 0.1) is 0 Å². The number of aromatic carboxylic acids is 1. The fourth-order valence-electron chi connectivity index (χ4n) is 2.89. The van der Waals surface area contributed by atoms with Crippen LogP contribution in [-0.4, -0.2) is 19.0 Å². The Kier molecular flexibility index (Phi) is 4.58. The van der Waals surface area contributed by atoms with Crippen molar-refractivity contribution in [3.63, 3.8) is 0 Å². The third-order valence-corrected chi connectivity index (χ3v) is 5.17. The van der Waals surface area contributed by atoms with Crippen molar-refractivity contribution in [1.29, 1.82) is 0 Å². The molecule has 0 unspecified atom stereocenters. The van der Waals surface area contributed by atoms with Crippen LogP contribution in [0.15, 0.2) is 64.4 Å². The van der Waals surface area contributed by atoms with Crippen LogP contribution in [0.1, 0.15) is 20.9 Å². The van der Waals surface area contributed by atoms with Crippen LogP contribution in [0.2, 0.25) is 0 Å². The molecule has 0 aliphatic carbocycles. The maximum absolute atomic E-state index is 12.6. The first-order chi connectivity index (χ1) is 13.6. The van der Waals surface area contributed by atoms with E-state index in [4.69, 9.17) is 9.15 Å². The standard InChI is InChI=1S/C21H15NO5S/c1-26-14-8-6-12(7-9-14)15-11-28-20(18(15)21(24)25)22-19(23)17-10-13-4-2-3-5-16(13)27-17/h2-11H,1H3,(H,22,23)(H,24,25)/p-1. The third kappa shape index (κ3) is 3.23. The number of benzene rings is 2. The van der Waals surface area contributed by atoms with Crippen molar-refractivity contribution in [1.82, 2.24) is 0 Å². The number of thiophene rings is 1. The Balaban J connectivity index is 1.66. The summed E-state index contributed by atoms with van der Waals surface area (Å²) in [6.07, 6.45) is 0. The number of hydrogen-bond donors (Lipinski definition) is 1. The fraction of sp³-hybridized carbons (Fsp3) is 0.0476. The molecular weight excluding hydrogens is 378 g/mol. The van der Waals surface area contributed by atoms with Gasteiger partial charge in [0.15, 0.2) is 5.76 Å². The van der Waals surface area contributed by atoms with E-state index in [1.807, 2.05) is 18.2 Å². The SMILES string of the molecule is COc1ccc(-c2csc(NC(=O)c3cc4ccccc4o3)c2C(=O)[O-])cc1. The van der Waals surface area contributed by atoms with Crippen LogP contribution in [0.5, 0.6) is 5.75 Å². The second-order valence-electron chi connectivity index (χ2n) is 5.97. The van der Waals surface area contributed by atoms with Gasteiger partial charge in [0.05, 0.1) is 13.1 Å². The van der Waals surface area contributed by atoms with E-state index in [-0.39, 0.29) is 16.3 Å². The van der Waals surface area contributed by atoms with Gasteiger partial charge in [-0.3, -0.25) is 4.79 Å². The number of rotatable bonds is 5. The summed E-state index contributed by atoms with van der Waals surface area (Å²) in [5, 5.41) is 17.0. The number of anilines is 1. The Morgan fingerprint density at radius 3 is 2.54 bits per heavy atom. The molecule has 0 saturated carbocycles. The average molecular weight is 392 g/mol. The molecule has 1 amide bonds. The highest BCUT2D eigenvalue weighted by atomic mass is 32.1. The zero-order valence-corrected chi connectivity index (χ0v) is 15.5. The maximum atomic E-state index is 12.6. The molecular formula is C21H14NO5S-. The zero-order chi connectivity index (χ0) is 19.7. The van der Waals surface area contributed by atoms with E-state index in [9.17, 15) is 14.7 Å². The fourth-order valence-corrected chi connectivity index (χ4v) is 3.85. The molecule has 0 fully saturated rings. The Bertz CT molecular complexity index is 1140. The largest absolute Gasteiger partial charge is 0.545 e. The Morgan fingerprint density at radius 1 is 1.11 bits per heavy atom. The molecule has 4 rings (SSSR count). The van der Waals surface area contributed by atoms with Crippen molar-refractivity contribution in [2.45, 2.75) is 0 Å². The summed E-state index contributed by atoms with van der Waals surface area (Å²) in [7, 11) is 1.55. The first-order valence-electron chi connectivity index (χ1n) is 8.34. The molecule has 0 bridgehead atoms. The monoisotopic (exact) mass is 392 g/mol. The Hall–Kier alpha value is -3.58. The third-order valence-electron chi connectivity index (χ3n) is 4.27. The quantitative estimate of drug-likeness (QED) is 0.558. The molecule has 2 aromatic heterocycles. The minimum atomic E-state index is -1.37. The van der Waals surface area contributed by atoms with Gasteiger partial charge in [-0.15, -0.1) is 11.3 Å². The second-order valence-corrected chi connectivity index (χ2v) is 6.85. The Labute approximate surface area is 164 Å². The van der Waals surface area contributed by atoms with E-state index in [1.54, 1.807) is 48.9 Å². The molecule has 1 N–H and O–H groups in total. The second kappa shape index (κ2) is 7.21. The number of para-hydroxylation sites is 1. The van der Waals surface area contributed by atoms with Crippen LogP contribution in [0.25, 0.3) is 22.1 Å².